The van der Waals surface area contributed by atoms with Gasteiger partial charge < -0.3 is 4.74 Å². The first-order valence-electron chi connectivity index (χ1n) is 8.37. The molecule has 0 radical (unpaired) electrons. The van der Waals surface area contributed by atoms with Crippen LogP contribution in [0.15, 0.2) is 47.4 Å². The van der Waals surface area contributed by atoms with Crippen molar-refractivity contribution in [3.8, 4) is 0 Å². The van der Waals surface area contributed by atoms with E-state index in [9.17, 15) is 26.4 Å². The Morgan fingerprint density at radius 1 is 1.00 bits per heavy atom. The monoisotopic (exact) mass is 444 g/mol. The molecule has 1 aliphatic heterocycles. The third-order valence-corrected chi connectivity index (χ3v) is 5.76. The maximum Gasteiger partial charge on any atom is 0.416 e. The van der Waals surface area contributed by atoms with E-state index in [2.05, 4.69) is 0 Å². The molecule has 1 aliphatic rings. The van der Waals surface area contributed by atoms with Gasteiger partial charge in [-0.2, -0.15) is 13.2 Å². The highest BCUT2D eigenvalue weighted by Gasteiger charge is 2.43. The first-order chi connectivity index (χ1) is 13.2. The minimum atomic E-state index is -4.64. The molecule has 154 valence electrons. The summed E-state index contributed by atoms with van der Waals surface area (Å²) in [6, 6.07) is 8.44. The molecule has 0 saturated carbocycles. The molecular formula is C20H16ClF3O4S. The Morgan fingerprint density at radius 2 is 1.59 bits per heavy atom. The summed E-state index contributed by atoms with van der Waals surface area (Å²) in [5, 5.41) is -0.174. The van der Waals surface area contributed by atoms with Gasteiger partial charge in [0.1, 0.15) is 5.76 Å². The summed E-state index contributed by atoms with van der Waals surface area (Å²) in [4.78, 5) is 13.0. The number of rotatable bonds is 3. The number of halogens is 4. The number of hydrogen-bond donors (Lipinski definition) is 0. The van der Waals surface area contributed by atoms with E-state index in [-0.39, 0.29) is 26.8 Å². The lowest BCUT2D eigenvalue weighted by Gasteiger charge is -2.18. The topological polar surface area (TPSA) is 60.4 Å². The number of Topliss-reactive ketones (excluding diaryl/α,β-unsaturated/α-hetero) is 1. The largest absolute Gasteiger partial charge is 0.478 e. The van der Waals surface area contributed by atoms with Crippen molar-refractivity contribution in [2.24, 2.45) is 0 Å². The van der Waals surface area contributed by atoms with Crippen LogP contribution in [0, 0.1) is 0 Å². The lowest BCUT2D eigenvalue weighted by atomic mass is 9.91. The Hall–Kier alpha value is -2.32. The van der Waals surface area contributed by atoms with Gasteiger partial charge in [0.15, 0.2) is 15.4 Å². The fourth-order valence-corrected chi connectivity index (χ4v) is 3.84. The molecule has 0 N–H and O–H groups in total. The molecule has 0 aliphatic carbocycles. The summed E-state index contributed by atoms with van der Waals surface area (Å²) in [5.74, 6) is -0.439. The molecule has 2 aromatic rings. The Morgan fingerprint density at radius 3 is 2.10 bits per heavy atom. The standard InChI is InChI=1S/C20H16ClF3O4S/c1-19(2)18(25)16(12-8-13(20(22,23)24)10-14(21)9-12)17(28-19)11-4-6-15(7-5-11)29(3,26)27/h4-10H,1-3H3. The maximum atomic E-state index is 13.2. The lowest BCUT2D eigenvalue weighted by molar-refractivity contribution is -0.137. The highest BCUT2D eigenvalue weighted by atomic mass is 35.5. The van der Waals surface area contributed by atoms with Crippen molar-refractivity contribution in [1.82, 2.24) is 0 Å². The van der Waals surface area contributed by atoms with Gasteiger partial charge in [-0.05, 0) is 61.9 Å². The highest BCUT2D eigenvalue weighted by Crippen LogP contribution is 2.43. The molecule has 0 spiro atoms. The lowest BCUT2D eigenvalue weighted by Crippen LogP contribution is -2.29. The molecule has 0 aromatic heterocycles. The van der Waals surface area contributed by atoms with Crippen molar-refractivity contribution in [2.75, 3.05) is 6.26 Å². The summed E-state index contributed by atoms with van der Waals surface area (Å²) < 4.78 is 68.7. The van der Waals surface area contributed by atoms with E-state index in [1.54, 1.807) is 0 Å². The summed E-state index contributed by atoms with van der Waals surface area (Å²) in [6.45, 7) is 3.00. The first-order valence-corrected chi connectivity index (χ1v) is 10.6. The van der Waals surface area contributed by atoms with Gasteiger partial charge in [-0.3, -0.25) is 4.79 Å². The van der Waals surface area contributed by atoms with Gasteiger partial charge in [-0.15, -0.1) is 0 Å². The SMILES string of the molecule is CC1(C)OC(c2ccc(S(C)(=O)=O)cc2)=C(c2cc(Cl)cc(C(F)(F)F)c2)C1=O. The maximum absolute atomic E-state index is 13.2. The number of hydrogen-bond acceptors (Lipinski definition) is 4. The van der Waals surface area contributed by atoms with Gasteiger partial charge in [0.05, 0.1) is 16.0 Å². The number of benzene rings is 2. The minimum absolute atomic E-state index is 0.0254. The zero-order valence-corrected chi connectivity index (χ0v) is 17.2. The van der Waals surface area contributed by atoms with E-state index in [1.807, 2.05) is 0 Å². The minimum Gasteiger partial charge on any atom is -0.478 e. The summed E-state index contributed by atoms with van der Waals surface area (Å²) in [7, 11) is -3.44. The molecule has 0 atom stereocenters. The van der Waals surface area contributed by atoms with Crippen molar-refractivity contribution in [3.63, 3.8) is 0 Å². The summed E-state index contributed by atoms with van der Waals surface area (Å²) in [6.07, 6.45) is -3.59. The quantitative estimate of drug-likeness (QED) is 0.667. The van der Waals surface area contributed by atoms with Gasteiger partial charge in [0, 0.05) is 16.8 Å². The van der Waals surface area contributed by atoms with Crippen LogP contribution in [0.3, 0.4) is 0 Å². The Bertz CT molecular complexity index is 1130. The van der Waals surface area contributed by atoms with Gasteiger partial charge in [0.25, 0.3) is 0 Å². The second-order valence-electron chi connectivity index (χ2n) is 7.17. The number of alkyl halides is 3. The molecule has 9 heteroatoms. The fraction of sp³-hybridized carbons (Fsp3) is 0.250. The van der Waals surface area contributed by atoms with E-state index in [4.69, 9.17) is 16.3 Å². The summed E-state index contributed by atoms with van der Waals surface area (Å²) in [5.41, 5.74) is -2.00. The molecule has 0 saturated heterocycles. The normalized spacial score (nSPS) is 16.9. The summed E-state index contributed by atoms with van der Waals surface area (Å²) >= 11 is 5.88. The molecule has 2 aromatic carbocycles. The fourth-order valence-electron chi connectivity index (χ4n) is 2.97. The van der Waals surface area contributed by atoms with Crippen LogP contribution in [0.2, 0.25) is 5.02 Å². The number of carbonyl (C=O) groups is 1. The van der Waals surface area contributed by atoms with E-state index in [0.717, 1.165) is 18.4 Å². The molecule has 0 bridgehead atoms. The van der Waals surface area contributed by atoms with Gasteiger partial charge in [0.2, 0.25) is 5.78 Å². The molecule has 0 amide bonds. The average Bonchev–Trinajstić information content (AvgIpc) is 2.83. The van der Waals surface area contributed by atoms with E-state index in [1.165, 1.54) is 44.2 Å². The molecule has 1 heterocycles. The number of sulfone groups is 1. The second-order valence-corrected chi connectivity index (χ2v) is 9.62. The average molecular weight is 445 g/mol. The Balaban J connectivity index is 2.22. The Kier molecular flexibility index (Phi) is 5.07. The van der Waals surface area contributed by atoms with Crippen LogP contribution >= 0.6 is 11.6 Å². The van der Waals surface area contributed by atoms with Crippen molar-refractivity contribution >= 4 is 38.6 Å². The van der Waals surface area contributed by atoms with Crippen LogP contribution in [0.25, 0.3) is 11.3 Å². The first kappa shape index (κ1) is 21.4. The van der Waals surface area contributed by atoms with Crippen molar-refractivity contribution in [2.45, 2.75) is 30.5 Å². The molecule has 0 fully saturated rings. The van der Waals surface area contributed by atoms with E-state index in [0.29, 0.717) is 5.56 Å². The van der Waals surface area contributed by atoms with Crippen LogP contribution in [-0.2, 0) is 25.5 Å². The van der Waals surface area contributed by atoms with Crippen molar-refractivity contribution < 1.29 is 31.1 Å². The molecule has 29 heavy (non-hydrogen) atoms. The van der Waals surface area contributed by atoms with Crippen molar-refractivity contribution in [1.29, 1.82) is 0 Å². The molecular weight excluding hydrogens is 429 g/mol. The van der Waals surface area contributed by atoms with E-state index >= 15 is 0 Å². The third-order valence-electron chi connectivity index (χ3n) is 4.42. The zero-order valence-electron chi connectivity index (χ0n) is 15.6. The van der Waals surface area contributed by atoms with Crippen LogP contribution in [0.5, 0.6) is 0 Å². The van der Waals surface area contributed by atoms with Gasteiger partial charge >= 0.3 is 6.18 Å². The zero-order chi connectivity index (χ0) is 21.8. The third kappa shape index (κ3) is 4.18. The van der Waals surface area contributed by atoms with Gasteiger partial charge in [-0.1, -0.05) is 11.6 Å². The predicted octanol–water partition coefficient (Wildman–Crippen LogP) is 5.01. The molecule has 4 nitrogen and oxygen atoms in total. The predicted molar refractivity (Wildman–Crippen MR) is 103 cm³/mol. The van der Waals surface area contributed by atoms with Crippen molar-refractivity contribution in [3.05, 3.63) is 64.2 Å². The molecule has 3 rings (SSSR count). The molecule has 0 unspecified atom stereocenters. The second kappa shape index (κ2) is 6.88. The smallest absolute Gasteiger partial charge is 0.416 e. The van der Waals surface area contributed by atoms with Gasteiger partial charge in [-0.25, -0.2) is 8.42 Å². The number of ketones is 1. The van der Waals surface area contributed by atoms with Crippen LogP contribution in [-0.4, -0.2) is 26.1 Å². The van der Waals surface area contributed by atoms with Crippen LogP contribution in [0.4, 0.5) is 13.2 Å². The number of carbonyl (C=O) groups excluding carboxylic acids is 1. The van der Waals surface area contributed by atoms with E-state index < -0.39 is 33.0 Å². The van der Waals surface area contributed by atoms with Crippen LogP contribution < -0.4 is 0 Å². The Labute approximate surface area is 170 Å². The highest BCUT2D eigenvalue weighted by molar-refractivity contribution is 7.90. The van der Waals surface area contributed by atoms with Crippen LogP contribution in [0.1, 0.15) is 30.5 Å². The number of ether oxygens (including phenoxy) is 1.